The van der Waals surface area contributed by atoms with Gasteiger partial charge < -0.3 is 0 Å². The van der Waals surface area contributed by atoms with E-state index >= 15 is 0 Å². The van der Waals surface area contributed by atoms with Crippen LogP contribution in [-0.2, 0) is 9.84 Å². The molecule has 0 radical (unpaired) electrons. The standard InChI is InChI=1S/C9H9FO2S/c1-7(13(2,11)12)8-4-3-5-9(10)6-8/h3-6H,1H2,2H3. The molecule has 0 N–H and O–H groups in total. The number of benzene rings is 1. The van der Waals surface area contributed by atoms with Crippen LogP contribution in [0.5, 0.6) is 0 Å². The molecule has 1 rings (SSSR count). The molecule has 0 saturated heterocycles. The van der Waals surface area contributed by atoms with Gasteiger partial charge in [-0.05, 0) is 17.7 Å². The first-order valence-electron chi connectivity index (χ1n) is 3.56. The molecule has 0 aromatic heterocycles. The third-order valence-electron chi connectivity index (χ3n) is 1.59. The van der Waals surface area contributed by atoms with Crippen molar-refractivity contribution in [1.29, 1.82) is 0 Å². The van der Waals surface area contributed by atoms with E-state index in [0.717, 1.165) is 12.3 Å². The fourth-order valence-electron chi connectivity index (χ4n) is 0.876. The van der Waals surface area contributed by atoms with Gasteiger partial charge in [-0.2, -0.15) is 0 Å². The van der Waals surface area contributed by atoms with Gasteiger partial charge in [-0.25, -0.2) is 12.8 Å². The van der Waals surface area contributed by atoms with E-state index in [4.69, 9.17) is 0 Å². The van der Waals surface area contributed by atoms with E-state index in [1.807, 2.05) is 0 Å². The zero-order valence-electron chi connectivity index (χ0n) is 7.12. The zero-order valence-corrected chi connectivity index (χ0v) is 7.94. The van der Waals surface area contributed by atoms with Crippen LogP contribution in [0.1, 0.15) is 5.56 Å². The lowest BCUT2D eigenvalue weighted by atomic mass is 10.2. The van der Waals surface area contributed by atoms with E-state index in [9.17, 15) is 12.8 Å². The van der Waals surface area contributed by atoms with Crippen molar-refractivity contribution in [2.24, 2.45) is 0 Å². The third-order valence-corrected chi connectivity index (χ3v) is 2.73. The minimum absolute atomic E-state index is 0.0630. The summed E-state index contributed by atoms with van der Waals surface area (Å²) in [6.45, 7) is 3.38. The molecule has 0 atom stereocenters. The SMILES string of the molecule is C=C(c1cccc(F)c1)S(C)(=O)=O. The predicted octanol–water partition coefficient (Wildman–Crippen LogP) is 1.84. The monoisotopic (exact) mass is 200 g/mol. The minimum atomic E-state index is -3.33. The Labute approximate surface area is 76.6 Å². The number of hydrogen-bond acceptors (Lipinski definition) is 2. The van der Waals surface area contributed by atoms with Crippen molar-refractivity contribution >= 4 is 14.7 Å². The van der Waals surface area contributed by atoms with Crippen LogP contribution in [0.25, 0.3) is 4.91 Å². The maximum Gasteiger partial charge on any atom is 0.175 e. The predicted molar refractivity (Wildman–Crippen MR) is 50.3 cm³/mol. The Hall–Kier alpha value is -1.16. The smallest absolute Gasteiger partial charge is 0.175 e. The fraction of sp³-hybridized carbons (Fsp3) is 0.111. The fourth-order valence-corrected chi connectivity index (χ4v) is 1.43. The summed E-state index contributed by atoms with van der Waals surface area (Å²) in [5, 5.41) is 0. The van der Waals surface area contributed by atoms with E-state index in [2.05, 4.69) is 6.58 Å². The van der Waals surface area contributed by atoms with Crippen molar-refractivity contribution in [1.82, 2.24) is 0 Å². The number of rotatable bonds is 2. The van der Waals surface area contributed by atoms with E-state index in [0.29, 0.717) is 5.56 Å². The lowest BCUT2D eigenvalue weighted by Crippen LogP contribution is -1.98. The largest absolute Gasteiger partial charge is 0.224 e. The van der Waals surface area contributed by atoms with Crippen LogP contribution in [-0.4, -0.2) is 14.7 Å². The van der Waals surface area contributed by atoms with E-state index in [1.54, 1.807) is 0 Å². The molecule has 0 saturated carbocycles. The summed E-state index contributed by atoms with van der Waals surface area (Å²) in [6.07, 6.45) is 1.04. The topological polar surface area (TPSA) is 34.1 Å². The Balaban J connectivity index is 3.18. The first-order valence-corrected chi connectivity index (χ1v) is 5.45. The Morgan fingerprint density at radius 1 is 1.46 bits per heavy atom. The number of sulfone groups is 1. The van der Waals surface area contributed by atoms with Crippen molar-refractivity contribution in [3.8, 4) is 0 Å². The molecule has 0 bridgehead atoms. The molecular weight excluding hydrogens is 191 g/mol. The molecule has 0 heterocycles. The normalized spacial score (nSPS) is 11.2. The maximum atomic E-state index is 12.7. The molecular formula is C9H9FO2S. The Kier molecular flexibility index (Phi) is 2.52. The second-order valence-electron chi connectivity index (χ2n) is 2.71. The van der Waals surface area contributed by atoms with Crippen molar-refractivity contribution in [2.45, 2.75) is 0 Å². The highest BCUT2D eigenvalue weighted by Crippen LogP contribution is 2.18. The Bertz CT molecular complexity index is 435. The van der Waals surface area contributed by atoms with Crippen LogP contribution in [0.3, 0.4) is 0 Å². The Morgan fingerprint density at radius 3 is 2.54 bits per heavy atom. The van der Waals surface area contributed by atoms with Crippen LogP contribution >= 0.6 is 0 Å². The maximum absolute atomic E-state index is 12.7. The molecule has 1 aromatic carbocycles. The van der Waals surface area contributed by atoms with E-state index in [1.165, 1.54) is 18.2 Å². The quantitative estimate of drug-likeness (QED) is 0.730. The lowest BCUT2D eigenvalue weighted by molar-refractivity contribution is 0.611. The summed E-state index contributed by atoms with van der Waals surface area (Å²) < 4.78 is 34.7. The molecule has 0 aliphatic heterocycles. The molecule has 4 heteroatoms. The van der Waals surface area contributed by atoms with Crippen LogP contribution in [0, 0.1) is 5.82 Å². The van der Waals surface area contributed by atoms with Crippen LogP contribution < -0.4 is 0 Å². The highest BCUT2D eigenvalue weighted by atomic mass is 32.2. The van der Waals surface area contributed by atoms with Gasteiger partial charge in [0.05, 0.1) is 4.91 Å². The average molecular weight is 200 g/mol. The minimum Gasteiger partial charge on any atom is -0.224 e. The van der Waals surface area contributed by atoms with Gasteiger partial charge in [-0.1, -0.05) is 18.7 Å². The summed E-state index contributed by atoms with van der Waals surface area (Å²) in [6, 6.07) is 5.34. The van der Waals surface area contributed by atoms with Crippen molar-refractivity contribution < 1.29 is 12.8 Å². The highest BCUT2D eigenvalue weighted by Gasteiger charge is 2.10. The lowest BCUT2D eigenvalue weighted by Gasteiger charge is -2.02. The van der Waals surface area contributed by atoms with Gasteiger partial charge >= 0.3 is 0 Å². The number of halogens is 1. The molecule has 0 unspecified atom stereocenters. The van der Waals surface area contributed by atoms with Gasteiger partial charge in [0.15, 0.2) is 9.84 Å². The van der Waals surface area contributed by atoms with Crippen LogP contribution in [0.4, 0.5) is 4.39 Å². The van der Waals surface area contributed by atoms with Crippen LogP contribution in [0.15, 0.2) is 30.8 Å². The third kappa shape index (κ3) is 2.39. The number of hydrogen-bond donors (Lipinski definition) is 0. The summed E-state index contributed by atoms with van der Waals surface area (Å²) in [5.74, 6) is -0.470. The molecule has 70 valence electrons. The summed E-state index contributed by atoms with van der Waals surface area (Å²) in [7, 11) is -3.33. The molecule has 0 amide bonds. The van der Waals surface area contributed by atoms with Gasteiger partial charge in [0, 0.05) is 6.26 Å². The summed E-state index contributed by atoms with van der Waals surface area (Å²) in [5.41, 5.74) is 0.294. The molecule has 0 spiro atoms. The molecule has 13 heavy (non-hydrogen) atoms. The van der Waals surface area contributed by atoms with Crippen molar-refractivity contribution in [3.63, 3.8) is 0 Å². The van der Waals surface area contributed by atoms with Crippen molar-refractivity contribution in [3.05, 3.63) is 42.2 Å². The molecule has 0 aliphatic carbocycles. The van der Waals surface area contributed by atoms with Crippen molar-refractivity contribution in [2.75, 3.05) is 6.26 Å². The average Bonchev–Trinajstić information content (AvgIpc) is 2.01. The second kappa shape index (κ2) is 3.30. The summed E-state index contributed by atoms with van der Waals surface area (Å²) >= 11 is 0. The van der Waals surface area contributed by atoms with E-state index in [-0.39, 0.29) is 4.91 Å². The first kappa shape index (κ1) is 9.92. The molecule has 0 aliphatic rings. The molecule has 2 nitrogen and oxygen atoms in total. The Morgan fingerprint density at radius 2 is 2.08 bits per heavy atom. The molecule has 1 aromatic rings. The van der Waals surface area contributed by atoms with Gasteiger partial charge in [0.2, 0.25) is 0 Å². The second-order valence-corrected chi connectivity index (χ2v) is 4.74. The first-order chi connectivity index (χ1) is 5.91. The van der Waals surface area contributed by atoms with Gasteiger partial charge in [-0.3, -0.25) is 0 Å². The zero-order chi connectivity index (χ0) is 10.1. The van der Waals surface area contributed by atoms with Crippen LogP contribution in [0.2, 0.25) is 0 Å². The van der Waals surface area contributed by atoms with Gasteiger partial charge in [0.25, 0.3) is 0 Å². The van der Waals surface area contributed by atoms with Gasteiger partial charge in [0.1, 0.15) is 5.82 Å². The molecule has 0 fully saturated rings. The summed E-state index contributed by atoms with van der Waals surface area (Å²) in [4.78, 5) is -0.0630. The highest BCUT2D eigenvalue weighted by molar-refractivity contribution is 7.99. The van der Waals surface area contributed by atoms with E-state index < -0.39 is 15.7 Å². The van der Waals surface area contributed by atoms with Gasteiger partial charge in [-0.15, -0.1) is 0 Å².